The molecule has 2 heterocycles. The molecule has 0 bridgehead atoms. The molecular formula is C18H19N3O2S. The minimum absolute atomic E-state index is 0.154. The van der Waals surface area contributed by atoms with E-state index in [0.29, 0.717) is 17.2 Å². The summed E-state index contributed by atoms with van der Waals surface area (Å²) < 4.78 is 0. The molecule has 2 amide bonds. The van der Waals surface area contributed by atoms with Crippen LogP contribution in [0, 0.1) is 13.8 Å². The van der Waals surface area contributed by atoms with Crippen molar-refractivity contribution < 1.29 is 9.59 Å². The number of aryl methyl sites for hydroxylation is 2. The lowest BCUT2D eigenvalue weighted by atomic mass is 10.2. The quantitative estimate of drug-likeness (QED) is 0.932. The zero-order valence-corrected chi connectivity index (χ0v) is 14.5. The Morgan fingerprint density at radius 2 is 2.08 bits per heavy atom. The standard InChI is InChI=1S/C18H19N3O2S/c1-12-4-3-5-15(8-12)20-17(22)16-10-24-11-21(16)18(23)14-7-6-13(2)19-9-14/h3-9,16H,10-11H2,1-2H3,(H,20,22)/t16-/m1/s1. The highest BCUT2D eigenvalue weighted by Gasteiger charge is 2.35. The highest BCUT2D eigenvalue weighted by atomic mass is 32.2. The first-order valence-electron chi connectivity index (χ1n) is 7.73. The summed E-state index contributed by atoms with van der Waals surface area (Å²) in [4.78, 5) is 31.0. The second-order valence-corrected chi connectivity index (χ2v) is 6.84. The van der Waals surface area contributed by atoms with Gasteiger partial charge in [0.15, 0.2) is 0 Å². The Balaban J connectivity index is 1.73. The number of pyridine rings is 1. The number of thioether (sulfide) groups is 1. The summed E-state index contributed by atoms with van der Waals surface area (Å²) in [5.74, 6) is 0.803. The van der Waals surface area contributed by atoms with E-state index < -0.39 is 6.04 Å². The lowest BCUT2D eigenvalue weighted by molar-refractivity contribution is -0.119. The lowest BCUT2D eigenvalue weighted by Gasteiger charge is -2.23. The molecule has 1 aromatic carbocycles. The molecule has 1 atom stereocenters. The molecule has 0 unspecified atom stereocenters. The Labute approximate surface area is 145 Å². The number of aromatic nitrogens is 1. The molecule has 24 heavy (non-hydrogen) atoms. The third-order valence-electron chi connectivity index (χ3n) is 3.89. The normalized spacial score (nSPS) is 16.9. The number of nitrogens with zero attached hydrogens (tertiary/aromatic N) is 2. The summed E-state index contributed by atoms with van der Waals surface area (Å²) in [5.41, 5.74) is 3.20. The molecule has 1 aliphatic heterocycles. The van der Waals surface area contributed by atoms with Gasteiger partial charge in [-0.15, -0.1) is 11.8 Å². The predicted octanol–water partition coefficient (Wildman–Crippen LogP) is 2.85. The Kier molecular flexibility index (Phi) is 4.85. The van der Waals surface area contributed by atoms with Crippen LogP contribution in [0.3, 0.4) is 0 Å². The Morgan fingerprint density at radius 3 is 2.79 bits per heavy atom. The topological polar surface area (TPSA) is 62.3 Å². The van der Waals surface area contributed by atoms with E-state index in [1.807, 2.05) is 38.1 Å². The second-order valence-electron chi connectivity index (χ2n) is 5.84. The Hall–Kier alpha value is -2.34. The molecule has 0 aliphatic carbocycles. The van der Waals surface area contributed by atoms with Gasteiger partial charge in [0.05, 0.1) is 11.4 Å². The van der Waals surface area contributed by atoms with Crippen molar-refractivity contribution in [2.45, 2.75) is 19.9 Å². The fourth-order valence-electron chi connectivity index (χ4n) is 2.57. The van der Waals surface area contributed by atoms with Crippen LogP contribution >= 0.6 is 11.8 Å². The monoisotopic (exact) mass is 341 g/mol. The van der Waals surface area contributed by atoms with Crippen LogP contribution < -0.4 is 5.32 Å². The number of rotatable bonds is 3. The molecule has 6 heteroatoms. The summed E-state index contributed by atoms with van der Waals surface area (Å²) in [6, 6.07) is 10.7. The van der Waals surface area contributed by atoms with Crippen molar-refractivity contribution >= 4 is 29.3 Å². The van der Waals surface area contributed by atoms with Gasteiger partial charge >= 0.3 is 0 Å². The summed E-state index contributed by atoms with van der Waals surface area (Å²) in [6.07, 6.45) is 1.57. The van der Waals surface area contributed by atoms with Crippen LogP contribution in [0.15, 0.2) is 42.6 Å². The first kappa shape index (κ1) is 16.5. The number of anilines is 1. The fraction of sp³-hybridized carbons (Fsp3) is 0.278. The van der Waals surface area contributed by atoms with Crippen LogP contribution in [-0.4, -0.2) is 39.4 Å². The van der Waals surface area contributed by atoms with Gasteiger partial charge in [-0.3, -0.25) is 14.6 Å². The first-order chi connectivity index (χ1) is 11.5. The van der Waals surface area contributed by atoms with E-state index in [1.165, 1.54) is 0 Å². The van der Waals surface area contributed by atoms with Crippen LogP contribution in [0.25, 0.3) is 0 Å². The molecule has 1 N–H and O–H groups in total. The lowest BCUT2D eigenvalue weighted by Crippen LogP contribution is -2.44. The van der Waals surface area contributed by atoms with Gasteiger partial charge < -0.3 is 10.2 Å². The Morgan fingerprint density at radius 1 is 1.25 bits per heavy atom. The largest absolute Gasteiger partial charge is 0.324 e. The highest BCUT2D eigenvalue weighted by Crippen LogP contribution is 2.24. The molecule has 0 radical (unpaired) electrons. The van der Waals surface area contributed by atoms with Crippen molar-refractivity contribution in [1.82, 2.24) is 9.88 Å². The van der Waals surface area contributed by atoms with E-state index in [0.717, 1.165) is 16.9 Å². The van der Waals surface area contributed by atoms with Gasteiger partial charge in [-0.25, -0.2) is 0 Å². The summed E-state index contributed by atoms with van der Waals surface area (Å²) in [7, 11) is 0. The first-order valence-corrected chi connectivity index (χ1v) is 8.89. The third-order valence-corrected chi connectivity index (χ3v) is 4.90. The number of carbonyl (C=O) groups is 2. The van der Waals surface area contributed by atoms with E-state index in [1.54, 1.807) is 35.0 Å². The molecule has 1 fully saturated rings. The minimum atomic E-state index is -0.468. The number of hydrogen-bond donors (Lipinski definition) is 1. The molecule has 0 spiro atoms. The predicted molar refractivity (Wildman–Crippen MR) is 96.1 cm³/mol. The van der Waals surface area contributed by atoms with Gasteiger partial charge in [0.1, 0.15) is 6.04 Å². The maximum atomic E-state index is 12.7. The zero-order chi connectivity index (χ0) is 17.1. The average molecular weight is 341 g/mol. The fourth-order valence-corrected chi connectivity index (χ4v) is 3.72. The molecule has 5 nitrogen and oxygen atoms in total. The van der Waals surface area contributed by atoms with Crippen molar-refractivity contribution in [2.24, 2.45) is 0 Å². The Bertz CT molecular complexity index is 761. The van der Waals surface area contributed by atoms with Gasteiger partial charge in [0.25, 0.3) is 5.91 Å². The van der Waals surface area contributed by atoms with Gasteiger partial charge in [-0.1, -0.05) is 12.1 Å². The van der Waals surface area contributed by atoms with Crippen LogP contribution in [0.4, 0.5) is 5.69 Å². The van der Waals surface area contributed by atoms with Gasteiger partial charge in [0, 0.05) is 23.3 Å². The van der Waals surface area contributed by atoms with Crippen molar-refractivity contribution in [2.75, 3.05) is 16.9 Å². The SMILES string of the molecule is Cc1cccc(NC(=O)[C@H]2CSCN2C(=O)c2ccc(C)nc2)c1. The smallest absolute Gasteiger partial charge is 0.256 e. The van der Waals surface area contributed by atoms with Crippen molar-refractivity contribution in [3.63, 3.8) is 0 Å². The summed E-state index contributed by atoms with van der Waals surface area (Å²) in [5, 5.41) is 2.91. The third kappa shape index (κ3) is 3.59. The average Bonchev–Trinajstić information content (AvgIpc) is 3.04. The second kappa shape index (κ2) is 7.05. The number of nitrogens with one attached hydrogen (secondary N) is 1. The maximum absolute atomic E-state index is 12.7. The van der Waals surface area contributed by atoms with Crippen LogP contribution in [0.5, 0.6) is 0 Å². The molecule has 1 aromatic heterocycles. The molecule has 1 aliphatic rings. The van der Waals surface area contributed by atoms with Gasteiger partial charge in [0.2, 0.25) is 5.91 Å². The van der Waals surface area contributed by atoms with Crippen molar-refractivity contribution in [3.05, 3.63) is 59.4 Å². The number of carbonyl (C=O) groups excluding carboxylic acids is 2. The van der Waals surface area contributed by atoms with E-state index >= 15 is 0 Å². The summed E-state index contributed by atoms with van der Waals surface area (Å²) >= 11 is 1.58. The molecule has 124 valence electrons. The molecule has 0 saturated carbocycles. The number of amides is 2. The number of hydrogen-bond acceptors (Lipinski definition) is 4. The summed E-state index contributed by atoms with van der Waals surface area (Å²) in [6.45, 7) is 3.85. The highest BCUT2D eigenvalue weighted by molar-refractivity contribution is 7.99. The zero-order valence-electron chi connectivity index (χ0n) is 13.7. The van der Waals surface area contributed by atoms with Crippen LogP contribution in [0.1, 0.15) is 21.6 Å². The molecule has 3 rings (SSSR count). The van der Waals surface area contributed by atoms with Gasteiger partial charge in [-0.05, 0) is 43.7 Å². The van der Waals surface area contributed by atoms with E-state index in [2.05, 4.69) is 10.3 Å². The van der Waals surface area contributed by atoms with Crippen LogP contribution in [-0.2, 0) is 4.79 Å². The number of benzene rings is 1. The maximum Gasteiger partial charge on any atom is 0.256 e. The van der Waals surface area contributed by atoms with E-state index in [9.17, 15) is 9.59 Å². The minimum Gasteiger partial charge on any atom is -0.324 e. The molecule has 1 saturated heterocycles. The van der Waals surface area contributed by atoms with Crippen molar-refractivity contribution in [3.8, 4) is 0 Å². The van der Waals surface area contributed by atoms with E-state index in [4.69, 9.17) is 0 Å². The molecular weight excluding hydrogens is 322 g/mol. The van der Waals surface area contributed by atoms with Crippen molar-refractivity contribution in [1.29, 1.82) is 0 Å². The van der Waals surface area contributed by atoms with Gasteiger partial charge in [-0.2, -0.15) is 0 Å². The molecule has 2 aromatic rings. The van der Waals surface area contributed by atoms with Crippen LogP contribution in [0.2, 0.25) is 0 Å². The van der Waals surface area contributed by atoms with E-state index in [-0.39, 0.29) is 11.8 Å².